The second kappa shape index (κ2) is 7.27. The standard InChI is InChI=1S/C12H15NO4/c14-9-13-11(12(15)16)7-4-8-17-10-5-2-1-3-6-10/h1-3,5-6,9,11H,4,7-8H2,(H,13,14)(H,15,16). The second-order valence-corrected chi connectivity index (χ2v) is 3.48. The van der Waals surface area contributed by atoms with E-state index in [-0.39, 0.29) is 0 Å². The van der Waals surface area contributed by atoms with Gasteiger partial charge in [-0.15, -0.1) is 0 Å². The summed E-state index contributed by atoms with van der Waals surface area (Å²) in [5.41, 5.74) is 0. The Hall–Kier alpha value is -2.04. The third-order valence-corrected chi connectivity index (χ3v) is 2.22. The van der Waals surface area contributed by atoms with Gasteiger partial charge in [0.25, 0.3) is 0 Å². The number of carbonyl (C=O) groups excluding carboxylic acids is 1. The van der Waals surface area contributed by atoms with E-state index in [0.717, 1.165) is 5.75 Å². The Kier molecular flexibility index (Phi) is 5.57. The molecular weight excluding hydrogens is 222 g/mol. The summed E-state index contributed by atoms with van der Waals surface area (Å²) in [5, 5.41) is 11.0. The molecule has 0 aromatic heterocycles. The first-order valence-electron chi connectivity index (χ1n) is 5.34. The van der Waals surface area contributed by atoms with Crippen LogP contribution in [-0.2, 0) is 9.59 Å². The quantitative estimate of drug-likeness (QED) is 0.523. The summed E-state index contributed by atoms with van der Waals surface area (Å²) in [5.74, 6) is -0.278. The molecule has 1 amide bonds. The van der Waals surface area contributed by atoms with E-state index in [1.807, 2.05) is 30.3 Å². The SMILES string of the molecule is O=CNC(CCCOc1ccccc1)C(=O)O. The summed E-state index contributed by atoms with van der Waals surface area (Å²) in [4.78, 5) is 20.9. The lowest BCUT2D eigenvalue weighted by Gasteiger charge is -2.11. The van der Waals surface area contributed by atoms with Crippen LogP contribution in [0.5, 0.6) is 5.75 Å². The fourth-order valence-electron chi connectivity index (χ4n) is 1.35. The second-order valence-electron chi connectivity index (χ2n) is 3.48. The highest BCUT2D eigenvalue weighted by Gasteiger charge is 2.15. The molecule has 0 spiro atoms. The predicted molar refractivity (Wildman–Crippen MR) is 61.8 cm³/mol. The minimum atomic E-state index is -1.03. The molecule has 2 N–H and O–H groups in total. The summed E-state index contributed by atoms with van der Waals surface area (Å²) < 4.78 is 5.41. The maximum Gasteiger partial charge on any atom is 0.326 e. The number of amides is 1. The van der Waals surface area contributed by atoms with Crippen molar-refractivity contribution in [3.63, 3.8) is 0 Å². The number of nitrogens with one attached hydrogen (secondary N) is 1. The molecule has 1 unspecified atom stereocenters. The number of ether oxygens (including phenoxy) is 1. The molecule has 92 valence electrons. The Morgan fingerprint density at radius 3 is 2.71 bits per heavy atom. The smallest absolute Gasteiger partial charge is 0.326 e. The Balaban J connectivity index is 2.23. The Morgan fingerprint density at radius 1 is 1.41 bits per heavy atom. The van der Waals surface area contributed by atoms with Gasteiger partial charge in [0.15, 0.2) is 0 Å². The van der Waals surface area contributed by atoms with Crippen LogP contribution in [0.15, 0.2) is 30.3 Å². The number of carboxylic acid groups (broad SMARTS) is 1. The van der Waals surface area contributed by atoms with Gasteiger partial charge in [0.1, 0.15) is 11.8 Å². The molecule has 0 saturated carbocycles. The van der Waals surface area contributed by atoms with Gasteiger partial charge < -0.3 is 15.2 Å². The van der Waals surface area contributed by atoms with Crippen molar-refractivity contribution in [3.8, 4) is 5.75 Å². The average molecular weight is 237 g/mol. The van der Waals surface area contributed by atoms with Gasteiger partial charge >= 0.3 is 5.97 Å². The van der Waals surface area contributed by atoms with Crippen LogP contribution in [0, 0.1) is 0 Å². The van der Waals surface area contributed by atoms with Gasteiger partial charge in [-0.05, 0) is 25.0 Å². The van der Waals surface area contributed by atoms with E-state index >= 15 is 0 Å². The first-order valence-corrected chi connectivity index (χ1v) is 5.34. The van der Waals surface area contributed by atoms with Crippen LogP contribution in [0.1, 0.15) is 12.8 Å². The van der Waals surface area contributed by atoms with Gasteiger partial charge in [-0.25, -0.2) is 4.79 Å². The summed E-state index contributed by atoms with van der Waals surface area (Å²) >= 11 is 0. The normalized spacial score (nSPS) is 11.5. The lowest BCUT2D eigenvalue weighted by atomic mass is 10.1. The van der Waals surface area contributed by atoms with Crippen molar-refractivity contribution in [2.75, 3.05) is 6.61 Å². The predicted octanol–water partition coefficient (Wildman–Crippen LogP) is 1.04. The first kappa shape index (κ1) is 13.0. The molecule has 0 heterocycles. The third kappa shape index (κ3) is 5.01. The molecule has 0 aliphatic rings. The van der Waals surface area contributed by atoms with Crippen molar-refractivity contribution in [2.45, 2.75) is 18.9 Å². The van der Waals surface area contributed by atoms with Crippen molar-refractivity contribution in [1.82, 2.24) is 5.32 Å². The lowest BCUT2D eigenvalue weighted by Crippen LogP contribution is -2.35. The van der Waals surface area contributed by atoms with Crippen molar-refractivity contribution in [1.29, 1.82) is 0 Å². The molecule has 0 fully saturated rings. The highest BCUT2D eigenvalue weighted by molar-refractivity contribution is 5.76. The van der Waals surface area contributed by atoms with Crippen molar-refractivity contribution in [3.05, 3.63) is 30.3 Å². The fourth-order valence-corrected chi connectivity index (χ4v) is 1.35. The molecule has 5 nitrogen and oxygen atoms in total. The van der Waals surface area contributed by atoms with E-state index in [9.17, 15) is 9.59 Å². The van der Waals surface area contributed by atoms with Crippen LogP contribution in [0.25, 0.3) is 0 Å². The molecule has 0 bridgehead atoms. The van der Waals surface area contributed by atoms with Gasteiger partial charge in [0.2, 0.25) is 6.41 Å². The molecule has 1 aromatic carbocycles. The minimum Gasteiger partial charge on any atom is -0.494 e. The van der Waals surface area contributed by atoms with E-state index in [2.05, 4.69) is 5.32 Å². The number of aliphatic carboxylic acids is 1. The number of hydrogen-bond acceptors (Lipinski definition) is 3. The zero-order valence-corrected chi connectivity index (χ0v) is 9.33. The number of para-hydroxylation sites is 1. The number of hydrogen-bond donors (Lipinski definition) is 2. The van der Waals surface area contributed by atoms with Crippen LogP contribution in [0.2, 0.25) is 0 Å². The molecular formula is C12H15NO4. The van der Waals surface area contributed by atoms with E-state index in [0.29, 0.717) is 25.9 Å². The minimum absolute atomic E-state index is 0.348. The van der Waals surface area contributed by atoms with Crippen LogP contribution in [-0.4, -0.2) is 30.1 Å². The molecule has 1 aromatic rings. The monoisotopic (exact) mass is 237 g/mol. The van der Waals surface area contributed by atoms with E-state index < -0.39 is 12.0 Å². The number of carbonyl (C=O) groups is 2. The topological polar surface area (TPSA) is 75.6 Å². The zero-order chi connectivity index (χ0) is 12.5. The van der Waals surface area contributed by atoms with Gasteiger partial charge in [0, 0.05) is 0 Å². The highest BCUT2D eigenvalue weighted by Crippen LogP contribution is 2.09. The van der Waals surface area contributed by atoms with Crippen molar-refractivity contribution in [2.24, 2.45) is 0 Å². The Labute approximate surface area is 99.4 Å². The molecule has 17 heavy (non-hydrogen) atoms. The summed E-state index contributed by atoms with van der Waals surface area (Å²) in [6, 6.07) is 8.44. The van der Waals surface area contributed by atoms with Crippen molar-refractivity contribution >= 4 is 12.4 Å². The van der Waals surface area contributed by atoms with Gasteiger partial charge in [-0.2, -0.15) is 0 Å². The molecule has 5 heteroatoms. The molecule has 0 aliphatic heterocycles. The maximum absolute atomic E-state index is 10.7. The third-order valence-electron chi connectivity index (χ3n) is 2.22. The number of benzene rings is 1. The lowest BCUT2D eigenvalue weighted by molar-refractivity contribution is -0.140. The first-order chi connectivity index (χ1) is 8.24. The molecule has 1 rings (SSSR count). The van der Waals surface area contributed by atoms with Crippen LogP contribution in [0.4, 0.5) is 0 Å². The van der Waals surface area contributed by atoms with Gasteiger partial charge in [-0.3, -0.25) is 4.79 Å². The number of carboxylic acids is 1. The highest BCUT2D eigenvalue weighted by atomic mass is 16.5. The fraction of sp³-hybridized carbons (Fsp3) is 0.333. The average Bonchev–Trinajstić information content (AvgIpc) is 2.34. The molecule has 0 aliphatic carbocycles. The molecule has 0 radical (unpaired) electrons. The van der Waals surface area contributed by atoms with Crippen LogP contribution < -0.4 is 10.1 Å². The summed E-state index contributed by atoms with van der Waals surface area (Å²) in [6.45, 7) is 0.425. The summed E-state index contributed by atoms with van der Waals surface area (Å²) in [7, 11) is 0. The Bertz CT molecular complexity index is 353. The van der Waals surface area contributed by atoms with E-state index in [1.165, 1.54) is 0 Å². The summed E-state index contributed by atoms with van der Waals surface area (Å²) in [6.07, 6.45) is 1.31. The van der Waals surface area contributed by atoms with E-state index in [1.54, 1.807) is 0 Å². The zero-order valence-electron chi connectivity index (χ0n) is 9.33. The maximum atomic E-state index is 10.7. The van der Waals surface area contributed by atoms with E-state index in [4.69, 9.17) is 9.84 Å². The van der Waals surface area contributed by atoms with Crippen LogP contribution >= 0.6 is 0 Å². The molecule has 0 saturated heterocycles. The molecule has 1 atom stereocenters. The van der Waals surface area contributed by atoms with Gasteiger partial charge in [-0.1, -0.05) is 18.2 Å². The van der Waals surface area contributed by atoms with Crippen molar-refractivity contribution < 1.29 is 19.4 Å². The number of rotatable bonds is 8. The van der Waals surface area contributed by atoms with Gasteiger partial charge in [0.05, 0.1) is 6.61 Å². The largest absolute Gasteiger partial charge is 0.494 e. The Morgan fingerprint density at radius 2 is 2.12 bits per heavy atom. The van der Waals surface area contributed by atoms with Crippen LogP contribution in [0.3, 0.4) is 0 Å².